The molecule has 0 radical (unpaired) electrons. The zero-order valence-corrected chi connectivity index (χ0v) is 11.1. The van der Waals surface area contributed by atoms with Gasteiger partial charge in [-0.15, -0.1) is 0 Å². The van der Waals surface area contributed by atoms with Crippen LogP contribution in [0.2, 0.25) is 0 Å². The average Bonchev–Trinajstić information content (AvgIpc) is 2.39. The van der Waals surface area contributed by atoms with Crippen molar-refractivity contribution in [3.63, 3.8) is 0 Å². The molecule has 1 aliphatic heterocycles. The first kappa shape index (κ1) is 13.5. The summed E-state index contributed by atoms with van der Waals surface area (Å²) in [7, 11) is 2.05. The second-order valence-electron chi connectivity index (χ2n) is 4.88. The number of hydrogen-bond acceptors (Lipinski definition) is 3. The van der Waals surface area contributed by atoms with Gasteiger partial charge in [0.15, 0.2) is 0 Å². The van der Waals surface area contributed by atoms with Crippen molar-refractivity contribution >= 4 is 11.8 Å². The third-order valence-electron chi connectivity index (χ3n) is 3.48. The minimum absolute atomic E-state index is 0.0572. The van der Waals surface area contributed by atoms with Crippen molar-refractivity contribution < 1.29 is 9.59 Å². The van der Waals surface area contributed by atoms with Crippen LogP contribution >= 0.6 is 0 Å². The minimum Gasteiger partial charge on any atom is -0.366 e. The summed E-state index contributed by atoms with van der Waals surface area (Å²) in [6.07, 6.45) is 0.239. The van der Waals surface area contributed by atoms with Gasteiger partial charge >= 0.3 is 0 Å². The zero-order chi connectivity index (χ0) is 13.8. The molecule has 0 spiro atoms. The maximum absolute atomic E-state index is 12.2. The van der Waals surface area contributed by atoms with Crippen LogP contribution in [-0.4, -0.2) is 54.8 Å². The van der Waals surface area contributed by atoms with E-state index in [-0.39, 0.29) is 12.3 Å². The molecule has 1 aromatic carbocycles. The SMILES string of the molecule is CN1CCN(C(=O)Cc2ccccc2C(N)=O)CC1. The summed E-state index contributed by atoms with van der Waals surface area (Å²) in [6.45, 7) is 3.27. The highest BCUT2D eigenvalue weighted by molar-refractivity contribution is 5.95. The van der Waals surface area contributed by atoms with Gasteiger partial charge in [0.25, 0.3) is 0 Å². The molecule has 2 N–H and O–H groups in total. The Morgan fingerprint density at radius 1 is 1.16 bits per heavy atom. The van der Waals surface area contributed by atoms with E-state index in [2.05, 4.69) is 4.90 Å². The molecule has 1 aliphatic rings. The maximum Gasteiger partial charge on any atom is 0.248 e. The lowest BCUT2D eigenvalue weighted by Gasteiger charge is -2.32. The van der Waals surface area contributed by atoms with Crippen LogP contribution in [0.5, 0.6) is 0 Å². The molecule has 2 rings (SSSR count). The van der Waals surface area contributed by atoms with E-state index >= 15 is 0 Å². The predicted molar refractivity (Wildman–Crippen MR) is 72.7 cm³/mol. The first-order chi connectivity index (χ1) is 9.08. The molecule has 5 nitrogen and oxygen atoms in total. The predicted octanol–water partition coefficient (Wildman–Crippen LogP) is 0.102. The first-order valence-electron chi connectivity index (χ1n) is 6.42. The lowest BCUT2D eigenvalue weighted by atomic mass is 10.0. The minimum atomic E-state index is -0.484. The fraction of sp³-hybridized carbons (Fsp3) is 0.429. The Balaban J connectivity index is 2.05. The maximum atomic E-state index is 12.2. The monoisotopic (exact) mass is 261 g/mol. The number of hydrogen-bond donors (Lipinski definition) is 1. The second-order valence-corrected chi connectivity index (χ2v) is 4.88. The Morgan fingerprint density at radius 2 is 1.79 bits per heavy atom. The van der Waals surface area contributed by atoms with Gasteiger partial charge in [-0.3, -0.25) is 9.59 Å². The van der Waals surface area contributed by atoms with Crippen molar-refractivity contribution in [3.05, 3.63) is 35.4 Å². The van der Waals surface area contributed by atoms with Crippen LogP contribution < -0.4 is 5.73 Å². The van der Waals surface area contributed by atoms with Gasteiger partial charge in [0.05, 0.1) is 6.42 Å². The Labute approximate surface area is 113 Å². The molecule has 5 heteroatoms. The van der Waals surface area contributed by atoms with Crippen molar-refractivity contribution in [2.45, 2.75) is 6.42 Å². The Hall–Kier alpha value is -1.88. The van der Waals surface area contributed by atoms with Gasteiger partial charge in [0.1, 0.15) is 0 Å². The van der Waals surface area contributed by atoms with Gasteiger partial charge in [-0.1, -0.05) is 18.2 Å². The second kappa shape index (κ2) is 5.84. The lowest BCUT2D eigenvalue weighted by Crippen LogP contribution is -2.47. The fourth-order valence-corrected chi connectivity index (χ4v) is 2.25. The standard InChI is InChI=1S/C14H19N3O2/c1-16-6-8-17(9-7-16)13(18)10-11-4-2-3-5-12(11)14(15)19/h2-5H,6-10H2,1H3,(H2,15,19). The molecule has 0 atom stereocenters. The number of carbonyl (C=O) groups excluding carboxylic acids is 2. The molecule has 0 unspecified atom stereocenters. The summed E-state index contributed by atoms with van der Waals surface area (Å²) < 4.78 is 0. The van der Waals surface area contributed by atoms with Gasteiger partial charge in [-0.25, -0.2) is 0 Å². The van der Waals surface area contributed by atoms with E-state index in [0.717, 1.165) is 26.2 Å². The topological polar surface area (TPSA) is 66.6 Å². The van der Waals surface area contributed by atoms with E-state index in [1.54, 1.807) is 18.2 Å². The van der Waals surface area contributed by atoms with Crippen LogP contribution in [0.4, 0.5) is 0 Å². The summed E-state index contributed by atoms with van der Waals surface area (Å²) in [5.41, 5.74) is 6.46. The molecule has 1 aromatic rings. The van der Waals surface area contributed by atoms with Crippen LogP contribution in [0.1, 0.15) is 15.9 Å². The number of carbonyl (C=O) groups is 2. The summed E-state index contributed by atoms with van der Waals surface area (Å²) in [6, 6.07) is 7.02. The van der Waals surface area contributed by atoms with Crippen LogP contribution in [0, 0.1) is 0 Å². The van der Waals surface area contributed by atoms with E-state index in [1.807, 2.05) is 18.0 Å². The smallest absolute Gasteiger partial charge is 0.248 e. The Bertz CT molecular complexity index is 479. The molecule has 1 heterocycles. The molecular weight excluding hydrogens is 242 g/mol. The highest BCUT2D eigenvalue weighted by atomic mass is 16.2. The Morgan fingerprint density at radius 3 is 2.42 bits per heavy atom. The Kier molecular flexibility index (Phi) is 4.16. The molecule has 0 bridgehead atoms. The third kappa shape index (κ3) is 3.32. The van der Waals surface area contributed by atoms with Gasteiger partial charge in [-0.2, -0.15) is 0 Å². The van der Waals surface area contributed by atoms with E-state index in [1.165, 1.54) is 0 Å². The highest BCUT2D eigenvalue weighted by Gasteiger charge is 2.20. The third-order valence-corrected chi connectivity index (χ3v) is 3.48. The number of amides is 2. The molecule has 1 saturated heterocycles. The zero-order valence-electron chi connectivity index (χ0n) is 11.1. The molecule has 1 fully saturated rings. The van der Waals surface area contributed by atoms with Crippen LogP contribution in [0.25, 0.3) is 0 Å². The quantitative estimate of drug-likeness (QED) is 0.839. The van der Waals surface area contributed by atoms with E-state index < -0.39 is 5.91 Å². The van der Waals surface area contributed by atoms with Crippen LogP contribution in [0.15, 0.2) is 24.3 Å². The molecule has 0 saturated carbocycles. The van der Waals surface area contributed by atoms with Gasteiger partial charge in [0, 0.05) is 31.7 Å². The normalized spacial score (nSPS) is 16.4. The molecule has 0 aromatic heterocycles. The lowest BCUT2D eigenvalue weighted by molar-refractivity contribution is -0.132. The van der Waals surface area contributed by atoms with Gasteiger partial charge in [0.2, 0.25) is 11.8 Å². The number of rotatable bonds is 3. The molecule has 19 heavy (non-hydrogen) atoms. The largest absolute Gasteiger partial charge is 0.366 e. The van der Waals surface area contributed by atoms with Crippen molar-refractivity contribution in [2.75, 3.05) is 33.2 Å². The van der Waals surface area contributed by atoms with Crippen molar-refractivity contribution in [1.82, 2.24) is 9.80 Å². The number of primary amides is 1. The number of nitrogens with two attached hydrogens (primary N) is 1. The number of likely N-dealkylation sites (N-methyl/N-ethyl adjacent to an activating group) is 1. The summed E-state index contributed by atoms with van der Waals surface area (Å²) in [4.78, 5) is 27.6. The molecule has 0 aliphatic carbocycles. The van der Waals surface area contributed by atoms with E-state index in [9.17, 15) is 9.59 Å². The van der Waals surface area contributed by atoms with Crippen molar-refractivity contribution in [3.8, 4) is 0 Å². The fourth-order valence-electron chi connectivity index (χ4n) is 2.25. The number of benzene rings is 1. The van der Waals surface area contributed by atoms with Crippen LogP contribution in [-0.2, 0) is 11.2 Å². The first-order valence-corrected chi connectivity index (χ1v) is 6.42. The van der Waals surface area contributed by atoms with Crippen molar-refractivity contribution in [1.29, 1.82) is 0 Å². The molecular formula is C14H19N3O2. The summed E-state index contributed by atoms with van der Waals surface area (Å²) in [5, 5.41) is 0. The molecule has 2 amide bonds. The van der Waals surface area contributed by atoms with E-state index in [4.69, 9.17) is 5.73 Å². The van der Waals surface area contributed by atoms with Gasteiger partial charge in [-0.05, 0) is 18.7 Å². The van der Waals surface area contributed by atoms with Crippen molar-refractivity contribution in [2.24, 2.45) is 5.73 Å². The average molecular weight is 261 g/mol. The highest BCUT2D eigenvalue weighted by Crippen LogP contribution is 2.11. The summed E-state index contributed by atoms with van der Waals surface area (Å²) in [5.74, 6) is -0.427. The van der Waals surface area contributed by atoms with E-state index in [0.29, 0.717) is 11.1 Å². The van der Waals surface area contributed by atoms with Gasteiger partial charge < -0.3 is 15.5 Å². The number of piperazine rings is 1. The molecule has 102 valence electrons. The number of nitrogens with zero attached hydrogens (tertiary/aromatic N) is 2. The van der Waals surface area contributed by atoms with Crippen LogP contribution in [0.3, 0.4) is 0 Å². The summed E-state index contributed by atoms with van der Waals surface area (Å²) >= 11 is 0.